The summed E-state index contributed by atoms with van der Waals surface area (Å²) in [5.41, 5.74) is 7.26. The summed E-state index contributed by atoms with van der Waals surface area (Å²) in [6.45, 7) is 5.02. The van der Waals surface area contributed by atoms with E-state index in [0.29, 0.717) is 6.54 Å². The first-order valence-corrected chi connectivity index (χ1v) is 5.88. The molecule has 2 rings (SSSR count). The lowest BCUT2D eigenvalue weighted by Crippen LogP contribution is -2.25. The van der Waals surface area contributed by atoms with Gasteiger partial charge in [-0.3, -0.25) is 0 Å². The quantitative estimate of drug-likeness (QED) is 0.879. The fraction of sp³-hybridized carbons (Fsp3) is 0.500. The van der Waals surface area contributed by atoms with Crippen LogP contribution in [0.3, 0.4) is 0 Å². The number of hydrogen-bond acceptors (Lipinski definition) is 1. The Kier molecular flexibility index (Phi) is 2.43. The molecule has 0 aliphatic heterocycles. The van der Waals surface area contributed by atoms with E-state index in [4.69, 9.17) is 5.73 Å². The Bertz CT molecular complexity index is 403. The van der Waals surface area contributed by atoms with Crippen molar-refractivity contribution in [3.8, 4) is 0 Å². The first-order chi connectivity index (χ1) is 6.93. The molecule has 1 unspecified atom stereocenters. The predicted octanol–water partition coefficient (Wildman–Crippen LogP) is 3.21. The van der Waals surface area contributed by atoms with Gasteiger partial charge in [-0.05, 0) is 29.5 Å². The average molecular weight is 272 g/mol. The van der Waals surface area contributed by atoms with E-state index in [1.54, 1.807) is 0 Å². The van der Waals surface area contributed by atoms with E-state index >= 15 is 0 Å². The number of nitrogens with two attached hydrogens (primary N) is 1. The summed E-state index contributed by atoms with van der Waals surface area (Å²) >= 11 is 3.42. The molecule has 0 heterocycles. The van der Waals surface area contributed by atoms with Crippen LogP contribution in [0.15, 0.2) is 22.7 Å². The molecular formula is C12H15BrFN. The zero-order valence-corrected chi connectivity index (χ0v) is 10.6. The van der Waals surface area contributed by atoms with Crippen LogP contribution in [0.5, 0.6) is 0 Å². The standard InChI is InChI=1S/C12H15BrFN/c1-11(2)6-12(11,7-15)9-4-3-8(14)5-10(9)13/h3-5H,6-7,15H2,1-2H3. The molecule has 1 saturated carbocycles. The fourth-order valence-electron chi connectivity index (χ4n) is 2.51. The van der Waals surface area contributed by atoms with E-state index in [1.165, 1.54) is 12.1 Å². The second-order valence-corrected chi connectivity index (χ2v) is 5.83. The highest BCUT2D eigenvalue weighted by atomic mass is 79.9. The van der Waals surface area contributed by atoms with Crippen LogP contribution < -0.4 is 5.73 Å². The maximum absolute atomic E-state index is 13.0. The Morgan fingerprint density at radius 1 is 1.47 bits per heavy atom. The van der Waals surface area contributed by atoms with Crippen molar-refractivity contribution in [3.63, 3.8) is 0 Å². The van der Waals surface area contributed by atoms with E-state index in [1.807, 2.05) is 6.07 Å². The molecule has 3 heteroatoms. The lowest BCUT2D eigenvalue weighted by Gasteiger charge is -2.20. The van der Waals surface area contributed by atoms with Gasteiger partial charge in [0.05, 0.1) is 0 Å². The molecule has 1 nitrogen and oxygen atoms in total. The Labute approximate surface area is 98.0 Å². The average Bonchev–Trinajstić information content (AvgIpc) is 2.69. The van der Waals surface area contributed by atoms with Crippen molar-refractivity contribution in [2.24, 2.45) is 11.1 Å². The summed E-state index contributed by atoms with van der Waals surface area (Å²) in [4.78, 5) is 0. The van der Waals surface area contributed by atoms with Gasteiger partial charge in [0, 0.05) is 16.4 Å². The molecule has 15 heavy (non-hydrogen) atoms. The molecule has 1 aliphatic rings. The summed E-state index contributed by atoms with van der Waals surface area (Å²) in [6.07, 6.45) is 1.07. The second-order valence-electron chi connectivity index (χ2n) is 4.97. The highest BCUT2D eigenvalue weighted by molar-refractivity contribution is 9.10. The Morgan fingerprint density at radius 2 is 2.07 bits per heavy atom. The number of rotatable bonds is 2. The van der Waals surface area contributed by atoms with Crippen LogP contribution in [0.1, 0.15) is 25.8 Å². The van der Waals surface area contributed by atoms with Crippen LogP contribution >= 0.6 is 15.9 Å². The molecule has 1 atom stereocenters. The first-order valence-electron chi connectivity index (χ1n) is 5.08. The minimum atomic E-state index is -0.212. The van der Waals surface area contributed by atoms with Crippen LogP contribution in [0, 0.1) is 11.2 Å². The van der Waals surface area contributed by atoms with Crippen LogP contribution in [0.25, 0.3) is 0 Å². The third kappa shape index (κ3) is 1.53. The molecular weight excluding hydrogens is 257 g/mol. The van der Waals surface area contributed by atoms with E-state index in [-0.39, 0.29) is 16.6 Å². The van der Waals surface area contributed by atoms with Gasteiger partial charge in [0.15, 0.2) is 0 Å². The maximum Gasteiger partial charge on any atom is 0.124 e. The van der Waals surface area contributed by atoms with Gasteiger partial charge in [0.1, 0.15) is 5.82 Å². The molecule has 0 bridgehead atoms. The highest BCUT2D eigenvalue weighted by Gasteiger charge is 2.61. The summed E-state index contributed by atoms with van der Waals surface area (Å²) < 4.78 is 13.8. The zero-order chi connectivity index (χ0) is 11.3. The summed E-state index contributed by atoms with van der Waals surface area (Å²) in [5, 5.41) is 0. The SMILES string of the molecule is CC1(C)CC1(CN)c1ccc(F)cc1Br. The lowest BCUT2D eigenvalue weighted by atomic mass is 9.88. The van der Waals surface area contributed by atoms with E-state index in [9.17, 15) is 4.39 Å². The van der Waals surface area contributed by atoms with Crippen molar-refractivity contribution in [2.45, 2.75) is 25.7 Å². The number of hydrogen-bond donors (Lipinski definition) is 1. The minimum absolute atomic E-state index is 0.0273. The monoisotopic (exact) mass is 271 g/mol. The van der Waals surface area contributed by atoms with Crippen LogP contribution in [-0.2, 0) is 5.41 Å². The van der Waals surface area contributed by atoms with Crippen molar-refractivity contribution in [2.75, 3.05) is 6.54 Å². The molecule has 1 aliphatic carbocycles. The number of benzene rings is 1. The largest absolute Gasteiger partial charge is 0.330 e. The minimum Gasteiger partial charge on any atom is -0.330 e. The highest BCUT2D eigenvalue weighted by Crippen LogP contribution is 2.64. The summed E-state index contributed by atoms with van der Waals surface area (Å²) in [6, 6.07) is 4.87. The molecule has 1 aromatic rings. The third-order valence-corrected chi connectivity index (χ3v) is 4.37. The van der Waals surface area contributed by atoms with E-state index < -0.39 is 0 Å². The molecule has 2 N–H and O–H groups in total. The van der Waals surface area contributed by atoms with Gasteiger partial charge in [0.25, 0.3) is 0 Å². The predicted molar refractivity (Wildman–Crippen MR) is 63.2 cm³/mol. The molecule has 0 radical (unpaired) electrons. The van der Waals surface area contributed by atoms with E-state index in [0.717, 1.165) is 16.5 Å². The lowest BCUT2D eigenvalue weighted by molar-refractivity contribution is 0.500. The van der Waals surface area contributed by atoms with Gasteiger partial charge in [0.2, 0.25) is 0 Å². The van der Waals surface area contributed by atoms with Crippen LogP contribution in [-0.4, -0.2) is 6.54 Å². The molecule has 82 valence electrons. The van der Waals surface area contributed by atoms with Gasteiger partial charge in [-0.25, -0.2) is 4.39 Å². The van der Waals surface area contributed by atoms with Crippen LogP contribution in [0.2, 0.25) is 0 Å². The Morgan fingerprint density at radius 3 is 2.47 bits per heavy atom. The van der Waals surface area contributed by atoms with E-state index in [2.05, 4.69) is 29.8 Å². The van der Waals surface area contributed by atoms with Gasteiger partial charge in [-0.2, -0.15) is 0 Å². The normalized spacial score (nSPS) is 27.8. The second kappa shape index (κ2) is 3.29. The molecule has 0 amide bonds. The molecule has 0 saturated heterocycles. The molecule has 1 fully saturated rings. The Hall–Kier alpha value is -0.410. The zero-order valence-electron chi connectivity index (χ0n) is 8.98. The van der Waals surface area contributed by atoms with Crippen molar-refractivity contribution < 1.29 is 4.39 Å². The Balaban J connectivity index is 2.46. The topological polar surface area (TPSA) is 26.0 Å². The van der Waals surface area contributed by atoms with Crippen molar-refractivity contribution in [1.29, 1.82) is 0 Å². The van der Waals surface area contributed by atoms with Crippen molar-refractivity contribution in [1.82, 2.24) is 0 Å². The smallest absolute Gasteiger partial charge is 0.124 e. The third-order valence-electron chi connectivity index (χ3n) is 3.71. The van der Waals surface area contributed by atoms with Gasteiger partial charge in [-0.15, -0.1) is 0 Å². The van der Waals surface area contributed by atoms with Crippen molar-refractivity contribution in [3.05, 3.63) is 34.1 Å². The van der Waals surface area contributed by atoms with Crippen LogP contribution in [0.4, 0.5) is 4.39 Å². The molecule has 0 spiro atoms. The van der Waals surface area contributed by atoms with Gasteiger partial charge >= 0.3 is 0 Å². The fourth-order valence-corrected chi connectivity index (χ4v) is 3.24. The van der Waals surface area contributed by atoms with Gasteiger partial charge in [-0.1, -0.05) is 35.8 Å². The number of halogens is 2. The first kappa shape index (κ1) is 11.1. The maximum atomic E-state index is 13.0. The summed E-state index contributed by atoms with van der Waals surface area (Å²) in [5.74, 6) is -0.212. The summed E-state index contributed by atoms with van der Waals surface area (Å²) in [7, 11) is 0. The molecule has 1 aromatic carbocycles. The van der Waals surface area contributed by atoms with Gasteiger partial charge < -0.3 is 5.73 Å². The van der Waals surface area contributed by atoms with Crippen molar-refractivity contribution >= 4 is 15.9 Å². The molecule has 0 aromatic heterocycles.